The molecule has 2 N–H and O–H groups in total. The van der Waals surface area contributed by atoms with Crippen LogP contribution in [0, 0.1) is 23.2 Å². The predicted molar refractivity (Wildman–Crippen MR) is 70.5 cm³/mol. The van der Waals surface area contributed by atoms with E-state index in [0.717, 1.165) is 24.2 Å². The molecule has 0 aromatic heterocycles. The van der Waals surface area contributed by atoms with E-state index in [0.29, 0.717) is 5.41 Å². The molecule has 1 atom stereocenters. The molecule has 0 radical (unpaired) electrons. The fourth-order valence-corrected chi connectivity index (χ4v) is 6.12. The number of rotatable bonds is 1. The number of hydrogen-bond acceptors (Lipinski definition) is 1. The van der Waals surface area contributed by atoms with Crippen LogP contribution in [-0.2, 0) is 0 Å². The van der Waals surface area contributed by atoms with Gasteiger partial charge in [0.25, 0.3) is 0 Å². The Morgan fingerprint density at radius 2 is 1.59 bits per heavy atom. The van der Waals surface area contributed by atoms with Gasteiger partial charge in [-0.25, -0.2) is 0 Å². The lowest BCUT2D eigenvalue weighted by Gasteiger charge is -2.62. The van der Waals surface area contributed by atoms with Gasteiger partial charge >= 0.3 is 0 Å². The summed E-state index contributed by atoms with van der Waals surface area (Å²) in [6, 6.07) is 0. The molecule has 0 amide bonds. The van der Waals surface area contributed by atoms with Gasteiger partial charge in [-0.05, 0) is 81.5 Å². The van der Waals surface area contributed by atoms with E-state index in [1.807, 2.05) is 0 Å². The molecule has 4 saturated carbocycles. The number of hydrogen-bond donors (Lipinski definition) is 1. The molecule has 0 heterocycles. The van der Waals surface area contributed by atoms with Crippen molar-refractivity contribution in [1.29, 1.82) is 0 Å². The lowest BCUT2D eigenvalue weighted by molar-refractivity contribution is -0.0950. The summed E-state index contributed by atoms with van der Waals surface area (Å²) in [5, 5.41) is 0. The predicted octanol–water partition coefficient (Wildman–Crippen LogP) is 3.64. The maximum atomic E-state index is 6.90. The molecular formula is C16H25N. The monoisotopic (exact) mass is 231 g/mol. The summed E-state index contributed by atoms with van der Waals surface area (Å²) in [7, 11) is 0. The largest absolute Gasteiger partial charge is 0.324 e. The first-order chi connectivity index (χ1) is 8.09. The molecule has 5 aliphatic rings. The summed E-state index contributed by atoms with van der Waals surface area (Å²) >= 11 is 0. The van der Waals surface area contributed by atoms with Gasteiger partial charge < -0.3 is 5.73 Å². The van der Waals surface area contributed by atoms with Crippen LogP contribution in [0.1, 0.15) is 58.3 Å². The summed E-state index contributed by atoms with van der Waals surface area (Å²) in [5.74, 6) is 3.09. The molecule has 94 valence electrons. The molecule has 4 bridgehead atoms. The van der Waals surface area contributed by atoms with Gasteiger partial charge in [0.05, 0.1) is 0 Å². The summed E-state index contributed by atoms with van der Waals surface area (Å²) < 4.78 is 0. The van der Waals surface area contributed by atoms with E-state index in [-0.39, 0.29) is 5.54 Å². The van der Waals surface area contributed by atoms with Crippen molar-refractivity contribution < 1.29 is 0 Å². The zero-order chi connectivity index (χ0) is 11.7. The zero-order valence-corrected chi connectivity index (χ0v) is 11.0. The fourth-order valence-electron chi connectivity index (χ4n) is 6.12. The van der Waals surface area contributed by atoms with Crippen molar-refractivity contribution in [2.75, 3.05) is 0 Å². The van der Waals surface area contributed by atoms with Crippen LogP contribution in [0.5, 0.6) is 0 Å². The molecule has 5 rings (SSSR count). The molecule has 1 unspecified atom stereocenters. The Morgan fingerprint density at radius 3 is 2.00 bits per heavy atom. The van der Waals surface area contributed by atoms with E-state index >= 15 is 0 Å². The van der Waals surface area contributed by atoms with Gasteiger partial charge in [-0.1, -0.05) is 11.6 Å². The van der Waals surface area contributed by atoms with Crippen molar-refractivity contribution in [1.82, 2.24) is 0 Å². The third-order valence-corrected chi connectivity index (χ3v) is 6.50. The van der Waals surface area contributed by atoms with Crippen LogP contribution < -0.4 is 5.73 Å². The average Bonchev–Trinajstić information content (AvgIpc) is 2.58. The fraction of sp³-hybridized carbons (Fsp3) is 0.875. The van der Waals surface area contributed by atoms with Crippen LogP contribution in [0.15, 0.2) is 11.6 Å². The minimum atomic E-state index is 0.132. The highest BCUT2D eigenvalue weighted by Gasteiger charge is 2.59. The van der Waals surface area contributed by atoms with E-state index in [4.69, 9.17) is 5.73 Å². The van der Waals surface area contributed by atoms with E-state index in [9.17, 15) is 0 Å². The lowest BCUT2D eigenvalue weighted by atomic mass is 9.44. The Labute approximate surface area is 105 Å². The smallest absolute Gasteiger partial charge is 0.0284 e. The van der Waals surface area contributed by atoms with Gasteiger partial charge in [-0.2, -0.15) is 0 Å². The topological polar surface area (TPSA) is 26.0 Å². The third-order valence-electron chi connectivity index (χ3n) is 6.50. The first-order valence-electron chi connectivity index (χ1n) is 7.53. The lowest BCUT2D eigenvalue weighted by Crippen LogP contribution is -2.61. The maximum absolute atomic E-state index is 6.90. The first kappa shape index (κ1) is 10.6. The maximum Gasteiger partial charge on any atom is 0.0284 e. The van der Waals surface area contributed by atoms with Crippen molar-refractivity contribution in [2.45, 2.75) is 63.8 Å². The number of nitrogens with two attached hydrogens (primary N) is 1. The van der Waals surface area contributed by atoms with Crippen molar-refractivity contribution in [3.05, 3.63) is 11.6 Å². The van der Waals surface area contributed by atoms with Gasteiger partial charge in [0.1, 0.15) is 0 Å². The Morgan fingerprint density at radius 1 is 1.06 bits per heavy atom. The SMILES string of the molecule is CC1=CCC(N)(C23CC4CC(CC(C4)C2)C3)C1. The summed E-state index contributed by atoms with van der Waals surface area (Å²) in [4.78, 5) is 0. The molecule has 17 heavy (non-hydrogen) atoms. The molecule has 0 aromatic rings. The molecule has 4 fully saturated rings. The molecule has 0 aliphatic heterocycles. The van der Waals surface area contributed by atoms with Crippen LogP contribution in [-0.4, -0.2) is 5.54 Å². The molecule has 0 saturated heterocycles. The van der Waals surface area contributed by atoms with E-state index in [2.05, 4.69) is 13.0 Å². The standard InChI is InChI=1S/C16H25N/c1-11-2-3-16(17,7-11)15-8-12-4-13(9-15)6-14(5-12)10-15/h2,12-14H,3-10,17H2,1H3. The van der Waals surface area contributed by atoms with Crippen molar-refractivity contribution in [3.63, 3.8) is 0 Å². The van der Waals surface area contributed by atoms with Gasteiger partial charge in [0, 0.05) is 5.54 Å². The van der Waals surface area contributed by atoms with Crippen molar-refractivity contribution >= 4 is 0 Å². The second-order valence-corrected chi connectivity index (χ2v) is 7.79. The van der Waals surface area contributed by atoms with Gasteiger partial charge in [-0.15, -0.1) is 0 Å². The Bertz CT molecular complexity index is 346. The molecular weight excluding hydrogens is 206 g/mol. The highest BCUT2D eigenvalue weighted by molar-refractivity contribution is 5.23. The molecule has 1 heteroatoms. The normalized spacial score (nSPS) is 56.4. The molecule has 1 nitrogen and oxygen atoms in total. The van der Waals surface area contributed by atoms with E-state index in [1.165, 1.54) is 44.9 Å². The summed E-state index contributed by atoms with van der Waals surface area (Å²) in [6.07, 6.45) is 13.7. The highest BCUT2D eigenvalue weighted by Crippen LogP contribution is 2.65. The molecule has 0 aromatic carbocycles. The van der Waals surface area contributed by atoms with Gasteiger partial charge in [-0.3, -0.25) is 0 Å². The van der Waals surface area contributed by atoms with Crippen molar-refractivity contribution in [2.24, 2.45) is 28.9 Å². The highest BCUT2D eigenvalue weighted by atomic mass is 14.8. The van der Waals surface area contributed by atoms with Gasteiger partial charge in [0.15, 0.2) is 0 Å². The molecule has 0 spiro atoms. The Balaban J connectivity index is 1.69. The van der Waals surface area contributed by atoms with Crippen LogP contribution in [0.4, 0.5) is 0 Å². The second-order valence-electron chi connectivity index (χ2n) is 7.79. The van der Waals surface area contributed by atoms with Gasteiger partial charge in [0.2, 0.25) is 0 Å². The average molecular weight is 231 g/mol. The second kappa shape index (κ2) is 3.17. The molecule has 5 aliphatic carbocycles. The quantitative estimate of drug-likeness (QED) is 0.685. The minimum absolute atomic E-state index is 0.132. The van der Waals surface area contributed by atoms with Crippen LogP contribution in [0.2, 0.25) is 0 Å². The third kappa shape index (κ3) is 1.35. The minimum Gasteiger partial charge on any atom is -0.324 e. The Kier molecular flexibility index (Phi) is 1.98. The Hall–Kier alpha value is -0.300. The van der Waals surface area contributed by atoms with Crippen molar-refractivity contribution in [3.8, 4) is 0 Å². The zero-order valence-electron chi connectivity index (χ0n) is 11.0. The first-order valence-corrected chi connectivity index (χ1v) is 7.53. The van der Waals surface area contributed by atoms with Crippen LogP contribution in [0.3, 0.4) is 0 Å². The van der Waals surface area contributed by atoms with E-state index in [1.54, 1.807) is 5.57 Å². The summed E-state index contributed by atoms with van der Waals surface area (Å²) in [6.45, 7) is 2.27. The van der Waals surface area contributed by atoms with Crippen LogP contribution in [0.25, 0.3) is 0 Å². The van der Waals surface area contributed by atoms with Crippen LogP contribution >= 0.6 is 0 Å². The summed E-state index contributed by atoms with van der Waals surface area (Å²) in [5.41, 5.74) is 9.10. The van der Waals surface area contributed by atoms with E-state index < -0.39 is 0 Å².